The molecule has 0 aliphatic carbocycles. The predicted octanol–water partition coefficient (Wildman–Crippen LogP) is 17.2. The molecule has 0 N–H and O–H groups in total. The molecular weight excluding hydrogens is 901 g/mol. The molecule has 0 bridgehead atoms. The molecule has 15 rings (SSSR count). The van der Waals surface area contributed by atoms with Gasteiger partial charge in [-0.2, -0.15) is 10.5 Å². The summed E-state index contributed by atoms with van der Waals surface area (Å²) in [5.41, 5.74) is 17.5. The van der Waals surface area contributed by atoms with Crippen LogP contribution in [0.4, 0.5) is 0 Å². The molecule has 4 aromatic heterocycles. The van der Waals surface area contributed by atoms with E-state index in [0.717, 1.165) is 111 Å². The lowest BCUT2D eigenvalue weighted by Gasteiger charge is -2.18. The van der Waals surface area contributed by atoms with Crippen molar-refractivity contribution < 1.29 is 0 Å². The van der Waals surface area contributed by atoms with Crippen molar-refractivity contribution in [3.8, 4) is 57.1 Å². The monoisotopic (exact) mass is 940 g/mol. The van der Waals surface area contributed by atoms with Crippen molar-refractivity contribution in [2.75, 3.05) is 0 Å². The van der Waals surface area contributed by atoms with Crippen LogP contribution in [0.2, 0.25) is 0 Å². The number of hydrogen-bond donors (Lipinski definition) is 0. The lowest BCUT2D eigenvalue weighted by atomic mass is 9.98. The van der Waals surface area contributed by atoms with Crippen molar-refractivity contribution in [1.29, 1.82) is 10.5 Å². The third-order valence-electron chi connectivity index (χ3n) is 15.2. The maximum atomic E-state index is 10.7. The van der Waals surface area contributed by atoms with E-state index in [1.54, 1.807) is 0 Å². The number of para-hydroxylation sites is 6. The summed E-state index contributed by atoms with van der Waals surface area (Å²) in [6, 6.07) is 90.9. The minimum Gasteiger partial charge on any atom is -0.309 e. The Morgan fingerprint density at radius 1 is 0.257 bits per heavy atom. The van der Waals surface area contributed by atoms with E-state index in [0.29, 0.717) is 11.1 Å². The smallest absolute Gasteiger partial charge is 0.101 e. The molecule has 0 saturated heterocycles. The van der Waals surface area contributed by atoms with Crippen molar-refractivity contribution in [2.24, 2.45) is 0 Å². The Morgan fingerprint density at radius 3 is 1.00 bits per heavy atom. The molecule has 4 heterocycles. The molecule has 0 spiro atoms. The van der Waals surface area contributed by atoms with Crippen LogP contribution in [0.15, 0.2) is 243 Å². The van der Waals surface area contributed by atoms with Gasteiger partial charge in [-0.3, -0.25) is 0 Å². The van der Waals surface area contributed by atoms with Gasteiger partial charge in [0.2, 0.25) is 0 Å². The SMILES string of the molecule is N#Cc1cc(-n2c3ccccc3c3c(-c4ccc5c(c4)c4ccccc4n5-c4ccccc4)cccc32)c(-n2c3ccccc3c3c(-c4ccc5c(c4)c4ccccc4n5-c4ccccc4)cccc32)cc1C#N. The van der Waals surface area contributed by atoms with Gasteiger partial charge in [0.1, 0.15) is 12.1 Å². The Balaban J connectivity index is 0.972. The highest BCUT2D eigenvalue weighted by molar-refractivity contribution is 6.20. The van der Waals surface area contributed by atoms with Crippen molar-refractivity contribution in [1.82, 2.24) is 18.3 Å². The van der Waals surface area contributed by atoms with Crippen LogP contribution in [0.1, 0.15) is 11.1 Å². The maximum absolute atomic E-state index is 10.7. The van der Waals surface area contributed by atoms with Crippen molar-refractivity contribution >= 4 is 87.2 Å². The molecule has 0 fully saturated rings. The summed E-state index contributed by atoms with van der Waals surface area (Å²) in [6.07, 6.45) is 0. The van der Waals surface area contributed by atoms with Crippen LogP contribution in [0.3, 0.4) is 0 Å². The van der Waals surface area contributed by atoms with E-state index in [2.05, 4.69) is 261 Å². The van der Waals surface area contributed by atoms with Gasteiger partial charge in [0.05, 0.1) is 66.6 Å². The minimum absolute atomic E-state index is 0.318. The zero-order chi connectivity index (χ0) is 49.0. The normalized spacial score (nSPS) is 11.8. The first-order valence-corrected chi connectivity index (χ1v) is 24.9. The van der Waals surface area contributed by atoms with Crippen LogP contribution in [0, 0.1) is 22.7 Å². The Morgan fingerprint density at radius 2 is 0.595 bits per heavy atom. The van der Waals surface area contributed by atoms with Gasteiger partial charge in [0.25, 0.3) is 0 Å². The molecular formula is C68H40N6. The molecule has 74 heavy (non-hydrogen) atoms. The Bertz CT molecular complexity index is 4600. The number of aromatic nitrogens is 4. The fourth-order valence-electron chi connectivity index (χ4n) is 12.2. The van der Waals surface area contributed by atoms with E-state index < -0.39 is 0 Å². The van der Waals surface area contributed by atoms with Gasteiger partial charge in [-0.25, -0.2) is 0 Å². The van der Waals surface area contributed by atoms with Gasteiger partial charge >= 0.3 is 0 Å². The number of fused-ring (bicyclic) bond motifs is 12. The van der Waals surface area contributed by atoms with Gasteiger partial charge < -0.3 is 18.3 Å². The average molecular weight is 941 g/mol. The van der Waals surface area contributed by atoms with E-state index in [1.807, 2.05) is 12.1 Å². The van der Waals surface area contributed by atoms with Crippen LogP contribution < -0.4 is 0 Å². The first-order chi connectivity index (χ1) is 36.7. The summed E-state index contributed by atoms with van der Waals surface area (Å²) in [5.74, 6) is 0. The second-order valence-electron chi connectivity index (χ2n) is 19.1. The summed E-state index contributed by atoms with van der Waals surface area (Å²) < 4.78 is 9.29. The third kappa shape index (κ3) is 5.91. The van der Waals surface area contributed by atoms with Crippen LogP contribution in [0.5, 0.6) is 0 Å². The molecule has 6 heteroatoms. The van der Waals surface area contributed by atoms with E-state index in [-0.39, 0.29) is 0 Å². The first kappa shape index (κ1) is 41.4. The lowest BCUT2D eigenvalue weighted by Crippen LogP contribution is -2.05. The topological polar surface area (TPSA) is 67.3 Å². The number of nitrogens with zero attached hydrogens (tertiary/aromatic N) is 6. The molecule has 6 nitrogen and oxygen atoms in total. The minimum atomic E-state index is 0.318. The molecule has 0 amide bonds. The summed E-state index contributed by atoms with van der Waals surface area (Å²) >= 11 is 0. The molecule has 0 aliphatic rings. The van der Waals surface area contributed by atoms with Gasteiger partial charge in [-0.05, 0) is 119 Å². The summed E-state index contributed by atoms with van der Waals surface area (Å²) in [7, 11) is 0. The van der Waals surface area contributed by atoms with Crippen molar-refractivity contribution in [2.45, 2.75) is 0 Å². The number of nitriles is 2. The molecule has 0 unspecified atom stereocenters. The van der Waals surface area contributed by atoms with Gasteiger partial charge in [-0.15, -0.1) is 0 Å². The number of rotatable bonds is 6. The average Bonchev–Trinajstić information content (AvgIpc) is 4.20. The summed E-state index contributed by atoms with van der Waals surface area (Å²) in [5, 5.41) is 30.6. The highest BCUT2D eigenvalue weighted by Crippen LogP contribution is 2.45. The first-order valence-electron chi connectivity index (χ1n) is 24.9. The number of hydrogen-bond acceptors (Lipinski definition) is 2. The molecule has 342 valence electrons. The van der Waals surface area contributed by atoms with Gasteiger partial charge in [-0.1, -0.05) is 146 Å². The van der Waals surface area contributed by atoms with E-state index in [9.17, 15) is 10.5 Å². The zero-order valence-corrected chi connectivity index (χ0v) is 39.8. The van der Waals surface area contributed by atoms with E-state index in [4.69, 9.17) is 0 Å². The summed E-state index contributed by atoms with van der Waals surface area (Å²) in [4.78, 5) is 0. The second kappa shape index (κ2) is 16.1. The fraction of sp³-hybridized carbons (Fsp3) is 0. The van der Waals surface area contributed by atoms with Crippen LogP contribution in [-0.4, -0.2) is 18.3 Å². The van der Waals surface area contributed by atoms with Gasteiger partial charge in [0, 0.05) is 54.5 Å². The standard InChI is InChI=1S/C68H40N6/c69-41-45-39-65(73-59-29-13-9-23-53(59)67-49(25-15-31-63(67)73)43-33-35-61-55(37-43)51-21-7-11-27-57(51)71(61)47-17-3-1-4-18-47)66(40-46(45)42-70)74-60-30-14-10-24-54(60)68-50(26-16-32-64(68)74)44-34-36-62-56(38-44)52-22-8-12-28-58(52)72(62)48-19-5-2-6-20-48/h1-40H. The molecule has 0 aliphatic heterocycles. The van der Waals surface area contributed by atoms with E-state index >= 15 is 0 Å². The van der Waals surface area contributed by atoms with Crippen LogP contribution in [-0.2, 0) is 0 Å². The summed E-state index contributed by atoms with van der Waals surface area (Å²) in [6.45, 7) is 0. The zero-order valence-electron chi connectivity index (χ0n) is 39.8. The molecule has 0 saturated carbocycles. The third-order valence-corrected chi connectivity index (χ3v) is 15.2. The maximum Gasteiger partial charge on any atom is 0.101 e. The molecule has 0 atom stereocenters. The highest BCUT2D eigenvalue weighted by Gasteiger charge is 2.25. The molecule has 15 aromatic rings. The highest BCUT2D eigenvalue weighted by atomic mass is 15.1. The Kier molecular flexibility index (Phi) is 8.99. The number of benzene rings is 11. The van der Waals surface area contributed by atoms with Crippen molar-refractivity contribution in [3.63, 3.8) is 0 Å². The predicted molar refractivity (Wildman–Crippen MR) is 304 cm³/mol. The second-order valence-corrected chi connectivity index (χ2v) is 19.1. The quantitative estimate of drug-likeness (QED) is 0.167. The van der Waals surface area contributed by atoms with Crippen LogP contribution >= 0.6 is 0 Å². The largest absolute Gasteiger partial charge is 0.309 e. The fourth-order valence-corrected chi connectivity index (χ4v) is 12.2. The van der Waals surface area contributed by atoms with Crippen molar-refractivity contribution in [3.05, 3.63) is 254 Å². The molecule has 0 radical (unpaired) electrons. The lowest BCUT2D eigenvalue weighted by molar-refractivity contribution is 1.09. The Labute approximate surface area is 424 Å². The van der Waals surface area contributed by atoms with E-state index in [1.165, 1.54) is 21.5 Å². The molecule has 11 aromatic carbocycles. The van der Waals surface area contributed by atoms with Gasteiger partial charge in [0.15, 0.2) is 0 Å². The Hall–Kier alpha value is -10.4. The van der Waals surface area contributed by atoms with Crippen LogP contribution in [0.25, 0.3) is 132 Å².